The van der Waals surface area contributed by atoms with E-state index in [1.807, 2.05) is 0 Å². The lowest BCUT2D eigenvalue weighted by molar-refractivity contribution is -0.149. The fourth-order valence-electron chi connectivity index (χ4n) is 7.88. The van der Waals surface area contributed by atoms with Crippen LogP contribution in [0.2, 0.25) is 13.1 Å². The Morgan fingerprint density at radius 1 is 0.483 bits per heavy atom. The molecule has 0 aromatic rings. The number of nitrogens with zero attached hydrogens (tertiary/aromatic N) is 1. The lowest BCUT2D eigenvalue weighted by Crippen LogP contribution is -2.40. The Hall–Kier alpha value is -0.513. The highest BCUT2D eigenvalue weighted by Gasteiger charge is 2.29. The molecule has 0 aromatic carbocycles. The molecule has 1 N–H and O–H groups in total. The van der Waals surface area contributed by atoms with Gasteiger partial charge >= 0.3 is 14.5 Å². The van der Waals surface area contributed by atoms with Crippen LogP contribution in [0.3, 0.4) is 0 Å². The van der Waals surface area contributed by atoms with Crippen molar-refractivity contribution in [2.45, 2.75) is 265 Å². The lowest BCUT2D eigenvalue weighted by atomic mass is 9.94. The van der Waals surface area contributed by atoms with Crippen molar-refractivity contribution < 1.29 is 28.2 Å². The van der Waals surface area contributed by atoms with Crippen LogP contribution in [0.15, 0.2) is 0 Å². The number of hydrogen-bond donors (Lipinski definition) is 1. The zero-order valence-corrected chi connectivity index (χ0v) is 41.1. The zero-order chi connectivity index (χ0) is 42.6. The highest BCUT2D eigenvalue weighted by atomic mass is 28.4. The van der Waals surface area contributed by atoms with Crippen LogP contribution >= 0.6 is 0 Å². The summed E-state index contributed by atoms with van der Waals surface area (Å²) in [7, 11) is -2.24. The summed E-state index contributed by atoms with van der Waals surface area (Å²) in [6, 6.07) is 0. The number of esters is 1. The fourth-order valence-corrected chi connectivity index (χ4v) is 9.40. The van der Waals surface area contributed by atoms with Gasteiger partial charge in [0.15, 0.2) is 0 Å². The average Bonchev–Trinajstić information content (AvgIpc) is 3.21. The van der Waals surface area contributed by atoms with Crippen molar-refractivity contribution in [2.75, 3.05) is 46.1 Å². The summed E-state index contributed by atoms with van der Waals surface area (Å²) in [5, 5.41) is 9.38. The summed E-state index contributed by atoms with van der Waals surface area (Å²) < 4.78 is 25.1. The van der Waals surface area contributed by atoms with Crippen molar-refractivity contribution in [1.82, 2.24) is 4.90 Å². The van der Waals surface area contributed by atoms with Gasteiger partial charge in [0, 0.05) is 19.8 Å². The number of aliphatic hydroxyl groups excluding tert-OH is 1. The highest BCUT2D eigenvalue weighted by molar-refractivity contribution is 6.64. The SMILES string of the molecule is CCCCCCCCO[Si](C)(C)OC(CCCCCCC)OCCCCCCN(CCCCO)CCCCCCOC(=O)C(CCCCCC)CCCCCCCC. The van der Waals surface area contributed by atoms with E-state index in [0.717, 1.165) is 110 Å². The Morgan fingerprint density at radius 3 is 1.40 bits per heavy atom. The van der Waals surface area contributed by atoms with Crippen molar-refractivity contribution in [3.8, 4) is 0 Å². The highest BCUT2D eigenvalue weighted by Crippen LogP contribution is 2.22. The van der Waals surface area contributed by atoms with Crippen LogP contribution < -0.4 is 0 Å². The number of ether oxygens (including phenoxy) is 2. The quantitative estimate of drug-likeness (QED) is 0.0283. The van der Waals surface area contributed by atoms with E-state index in [-0.39, 0.29) is 24.8 Å². The molecule has 2 atom stereocenters. The molecular formula is C50H103NO6Si. The lowest BCUT2D eigenvalue weighted by Gasteiger charge is -2.29. The molecule has 0 radical (unpaired) electrons. The van der Waals surface area contributed by atoms with Crippen molar-refractivity contribution in [2.24, 2.45) is 5.92 Å². The Morgan fingerprint density at radius 2 is 0.879 bits per heavy atom. The van der Waals surface area contributed by atoms with Gasteiger partial charge in [0.25, 0.3) is 0 Å². The molecule has 2 unspecified atom stereocenters. The molecule has 0 saturated heterocycles. The molecule has 0 spiro atoms. The van der Waals surface area contributed by atoms with Crippen LogP contribution in [-0.2, 0) is 23.1 Å². The molecule has 0 aliphatic carbocycles. The topological polar surface area (TPSA) is 77.5 Å². The molecule has 348 valence electrons. The molecule has 0 heterocycles. The van der Waals surface area contributed by atoms with Gasteiger partial charge in [-0.3, -0.25) is 4.79 Å². The van der Waals surface area contributed by atoms with Crippen molar-refractivity contribution in [1.29, 1.82) is 0 Å². The van der Waals surface area contributed by atoms with Crippen LogP contribution in [0.1, 0.15) is 246 Å². The van der Waals surface area contributed by atoms with E-state index >= 15 is 0 Å². The minimum Gasteiger partial charge on any atom is -0.465 e. The molecular weight excluding hydrogens is 739 g/mol. The number of rotatable bonds is 48. The van der Waals surface area contributed by atoms with E-state index in [2.05, 4.69) is 45.7 Å². The molecule has 0 aliphatic rings. The van der Waals surface area contributed by atoms with Crippen molar-refractivity contribution in [3.63, 3.8) is 0 Å². The maximum Gasteiger partial charge on any atom is 0.333 e. The monoisotopic (exact) mass is 842 g/mol. The van der Waals surface area contributed by atoms with E-state index < -0.39 is 8.56 Å². The zero-order valence-electron chi connectivity index (χ0n) is 40.1. The van der Waals surface area contributed by atoms with Crippen LogP contribution in [-0.4, -0.2) is 76.9 Å². The van der Waals surface area contributed by atoms with E-state index in [9.17, 15) is 9.90 Å². The van der Waals surface area contributed by atoms with Gasteiger partial charge in [-0.05, 0) is 103 Å². The molecule has 0 saturated carbocycles. The van der Waals surface area contributed by atoms with Crippen LogP contribution in [0.4, 0.5) is 0 Å². The third-order valence-corrected chi connectivity index (χ3v) is 13.4. The van der Waals surface area contributed by atoms with Gasteiger partial charge in [-0.2, -0.15) is 0 Å². The Kier molecular flexibility index (Phi) is 44.1. The number of carbonyl (C=O) groups is 1. The molecule has 0 bridgehead atoms. The maximum absolute atomic E-state index is 13.0. The third kappa shape index (κ3) is 39.6. The van der Waals surface area contributed by atoms with Gasteiger partial charge < -0.3 is 28.3 Å². The van der Waals surface area contributed by atoms with E-state index in [1.165, 1.54) is 141 Å². The molecule has 58 heavy (non-hydrogen) atoms. The van der Waals surface area contributed by atoms with Crippen molar-refractivity contribution >= 4 is 14.5 Å². The third-order valence-electron chi connectivity index (χ3n) is 11.7. The number of aliphatic hydroxyl groups is 1. The Balaban J connectivity index is 4.51. The molecule has 0 aliphatic heterocycles. The summed E-state index contributed by atoms with van der Waals surface area (Å²) in [4.78, 5) is 15.6. The second-order valence-corrected chi connectivity index (χ2v) is 21.3. The van der Waals surface area contributed by atoms with Gasteiger partial charge in [0.1, 0.15) is 6.29 Å². The van der Waals surface area contributed by atoms with Crippen molar-refractivity contribution in [3.05, 3.63) is 0 Å². The standard InChI is InChI=1S/C50H103NO6Si/c1-7-11-15-19-22-29-39-48(38-28-18-14-10-4)50(53)55-46-36-27-24-32-42-51(43-33-34-44-52)41-31-23-26-35-45-54-49(40-30-21-17-13-9-3)57-58(5,6)56-47-37-25-20-16-12-8-2/h48-49,52H,7-47H2,1-6H3. The van der Waals surface area contributed by atoms with Gasteiger partial charge in [0.2, 0.25) is 0 Å². The largest absolute Gasteiger partial charge is 0.465 e. The first-order valence-corrected chi connectivity index (χ1v) is 28.6. The second kappa shape index (κ2) is 44.5. The molecule has 0 rings (SSSR count). The smallest absolute Gasteiger partial charge is 0.333 e. The van der Waals surface area contributed by atoms with Crippen LogP contribution in [0, 0.1) is 5.92 Å². The average molecular weight is 842 g/mol. The maximum atomic E-state index is 13.0. The molecule has 0 fully saturated rings. The molecule has 0 amide bonds. The minimum atomic E-state index is -2.24. The van der Waals surface area contributed by atoms with E-state index in [0.29, 0.717) is 6.61 Å². The van der Waals surface area contributed by atoms with Gasteiger partial charge in [0.05, 0.1) is 12.5 Å². The number of unbranched alkanes of at least 4 members (excludes halogenated alkanes) is 24. The summed E-state index contributed by atoms with van der Waals surface area (Å²) in [5.41, 5.74) is 0. The number of carbonyl (C=O) groups excluding carboxylic acids is 1. The Labute approximate surface area is 363 Å². The second-order valence-electron chi connectivity index (χ2n) is 18.0. The fraction of sp³-hybridized carbons (Fsp3) is 0.980. The summed E-state index contributed by atoms with van der Waals surface area (Å²) in [5.74, 6) is 0.157. The normalized spacial score (nSPS) is 13.1. The van der Waals surface area contributed by atoms with Crippen LogP contribution in [0.5, 0.6) is 0 Å². The van der Waals surface area contributed by atoms with Gasteiger partial charge in [-0.15, -0.1) is 0 Å². The first-order valence-electron chi connectivity index (χ1n) is 25.8. The number of hydrogen-bond acceptors (Lipinski definition) is 7. The minimum absolute atomic E-state index is 0.0620. The Bertz CT molecular complexity index is 832. The molecule has 0 aromatic heterocycles. The van der Waals surface area contributed by atoms with Crippen LogP contribution in [0.25, 0.3) is 0 Å². The first kappa shape index (κ1) is 57.5. The molecule has 7 nitrogen and oxygen atoms in total. The summed E-state index contributed by atoms with van der Waals surface area (Å²) >= 11 is 0. The van der Waals surface area contributed by atoms with Gasteiger partial charge in [-0.25, -0.2) is 0 Å². The first-order chi connectivity index (χ1) is 28.3. The van der Waals surface area contributed by atoms with E-state index in [4.69, 9.17) is 18.3 Å². The predicted molar refractivity (Wildman–Crippen MR) is 252 cm³/mol. The predicted octanol–water partition coefficient (Wildman–Crippen LogP) is 14.9. The molecule has 8 heteroatoms. The van der Waals surface area contributed by atoms with E-state index in [1.54, 1.807) is 0 Å². The summed E-state index contributed by atoms with van der Waals surface area (Å²) in [6.07, 6.45) is 40.3. The summed E-state index contributed by atoms with van der Waals surface area (Å²) in [6.45, 7) is 19.1. The van der Waals surface area contributed by atoms with Gasteiger partial charge in [-0.1, -0.05) is 175 Å².